The van der Waals surface area contributed by atoms with Crippen LogP contribution in [0.15, 0.2) is 0 Å². The number of nitrogens with zero attached hydrogens (tertiary/aromatic N) is 1. The van der Waals surface area contributed by atoms with Gasteiger partial charge in [-0.1, -0.05) is 20.8 Å². The van der Waals surface area contributed by atoms with Crippen LogP contribution in [0.25, 0.3) is 0 Å². The monoisotopic (exact) mass is 284 g/mol. The van der Waals surface area contributed by atoms with Gasteiger partial charge in [-0.2, -0.15) is 0 Å². The van der Waals surface area contributed by atoms with Crippen molar-refractivity contribution in [3.05, 3.63) is 0 Å². The highest BCUT2D eigenvalue weighted by atomic mass is 16.3. The summed E-state index contributed by atoms with van der Waals surface area (Å²) in [7, 11) is 0. The molecule has 2 N–H and O–H groups in total. The molecule has 1 aliphatic rings. The van der Waals surface area contributed by atoms with Crippen LogP contribution in [-0.2, 0) is 9.59 Å². The number of nitrogens with one attached hydrogen (secondary N) is 1. The average Bonchev–Trinajstić information content (AvgIpc) is 2.34. The predicted molar refractivity (Wildman–Crippen MR) is 78.1 cm³/mol. The van der Waals surface area contributed by atoms with E-state index >= 15 is 0 Å². The van der Waals surface area contributed by atoms with E-state index in [1.807, 2.05) is 27.7 Å². The minimum Gasteiger partial charge on any atom is -0.396 e. The summed E-state index contributed by atoms with van der Waals surface area (Å²) in [5.41, 5.74) is -0.0759. The molecule has 5 heteroatoms. The molecule has 2 unspecified atom stereocenters. The van der Waals surface area contributed by atoms with Crippen molar-refractivity contribution in [1.29, 1.82) is 0 Å². The van der Waals surface area contributed by atoms with Crippen molar-refractivity contribution < 1.29 is 14.7 Å². The number of amides is 2. The van der Waals surface area contributed by atoms with E-state index in [1.54, 1.807) is 4.90 Å². The summed E-state index contributed by atoms with van der Waals surface area (Å²) >= 11 is 0. The molecule has 0 aromatic heterocycles. The second-order valence-corrected chi connectivity index (χ2v) is 7.04. The number of rotatable bonds is 4. The van der Waals surface area contributed by atoms with E-state index in [0.29, 0.717) is 13.0 Å². The van der Waals surface area contributed by atoms with Crippen molar-refractivity contribution >= 4 is 11.8 Å². The predicted octanol–water partition coefficient (Wildman–Crippen LogP) is 1.16. The smallest absolute Gasteiger partial charge is 0.242 e. The van der Waals surface area contributed by atoms with Gasteiger partial charge in [-0.3, -0.25) is 9.59 Å². The van der Waals surface area contributed by atoms with Gasteiger partial charge in [0.15, 0.2) is 0 Å². The first-order valence-electron chi connectivity index (χ1n) is 7.40. The van der Waals surface area contributed by atoms with Gasteiger partial charge in [-0.15, -0.1) is 0 Å². The van der Waals surface area contributed by atoms with E-state index in [9.17, 15) is 14.7 Å². The lowest BCUT2D eigenvalue weighted by Gasteiger charge is -2.37. The molecular formula is C15H28N2O3. The quantitative estimate of drug-likeness (QED) is 0.814. The Morgan fingerprint density at radius 1 is 1.30 bits per heavy atom. The second-order valence-electron chi connectivity index (χ2n) is 7.04. The number of hydrogen-bond acceptors (Lipinski definition) is 3. The molecule has 0 bridgehead atoms. The van der Waals surface area contributed by atoms with E-state index in [0.717, 1.165) is 12.8 Å². The highest BCUT2D eigenvalue weighted by Crippen LogP contribution is 2.21. The van der Waals surface area contributed by atoms with Crippen molar-refractivity contribution in [2.45, 2.75) is 53.0 Å². The molecule has 0 aliphatic carbocycles. The zero-order valence-electron chi connectivity index (χ0n) is 13.1. The summed E-state index contributed by atoms with van der Waals surface area (Å²) < 4.78 is 0. The molecule has 1 fully saturated rings. The summed E-state index contributed by atoms with van der Waals surface area (Å²) in [5, 5.41) is 11.9. The van der Waals surface area contributed by atoms with E-state index in [2.05, 4.69) is 5.32 Å². The van der Waals surface area contributed by atoms with Crippen LogP contribution in [0.2, 0.25) is 0 Å². The summed E-state index contributed by atoms with van der Waals surface area (Å²) in [6.45, 7) is 8.76. The third kappa shape index (κ3) is 5.49. The molecule has 116 valence electrons. The lowest BCUT2D eigenvalue weighted by Crippen LogP contribution is -2.50. The minimum atomic E-state index is -0.0887. The fraction of sp³-hybridized carbons (Fsp3) is 0.867. The Labute approximate surface area is 121 Å². The Kier molecular flexibility index (Phi) is 5.99. The molecule has 0 aromatic rings. The van der Waals surface area contributed by atoms with Crippen molar-refractivity contribution in [2.75, 3.05) is 19.7 Å². The number of piperidine rings is 1. The topological polar surface area (TPSA) is 69.6 Å². The van der Waals surface area contributed by atoms with E-state index in [4.69, 9.17) is 0 Å². The molecule has 0 spiro atoms. The number of aliphatic hydroxyl groups is 1. The van der Waals surface area contributed by atoms with Crippen molar-refractivity contribution in [1.82, 2.24) is 10.2 Å². The van der Waals surface area contributed by atoms with Crippen LogP contribution in [0.1, 0.15) is 47.0 Å². The summed E-state index contributed by atoms with van der Waals surface area (Å²) in [6, 6.07) is 0.185. The van der Waals surface area contributed by atoms with Crippen molar-refractivity contribution in [3.8, 4) is 0 Å². The lowest BCUT2D eigenvalue weighted by atomic mass is 9.92. The average molecular weight is 284 g/mol. The molecule has 0 saturated carbocycles. The molecule has 2 amide bonds. The first-order chi connectivity index (χ1) is 9.23. The van der Waals surface area contributed by atoms with Crippen LogP contribution < -0.4 is 5.32 Å². The van der Waals surface area contributed by atoms with Gasteiger partial charge in [0.25, 0.3) is 0 Å². The number of aliphatic hydroxyl groups excluding tert-OH is 1. The van der Waals surface area contributed by atoms with E-state index in [1.165, 1.54) is 0 Å². The van der Waals surface area contributed by atoms with Gasteiger partial charge in [0, 0.05) is 25.6 Å². The molecule has 2 atom stereocenters. The van der Waals surface area contributed by atoms with Crippen molar-refractivity contribution in [3.63, 3.8) is 0 Å². The Morgan fingerprint density at radius 2 is 1.95 bits per heavy atom. The third-order valence-electron chi connectivity index (χ3n) is 3.69. The van der Waals surface area contributed by atoms with Crippen LogP contribution >= 0.6 is 0 Å². The normalized spacial score (nSPS) is 23.6. The van der Waals surface area contributed by atoms with Gasteiger partial charge in [0.1, 0.15) is 0 Å². The number of likely N-dealkylation sites (tertiary alicyclic amines) is 1. The summed E-state index contributed by atoms with van der Waals surface area (Å²) in [6.07, 6.45) is 2.28. The Balaban J connectivity index is 2.43. The second kappa shape index (κ2) is 7.07. The molecule has 1 heterocycles. The molecule has 1 rings (SSSR count). The molecule has 20 heavy (non-hydrogen) atoms. The van der Waals surface area contributed by atoms with Crippen LogP contribution in [-0.4, -0.2) is 47.6 Å². The van der Waals surface area contributed by atoms with Gasteiger partial charge >= 0.3 is 0 Å². The first kappa shape index (κ1) is 17.0. The fourth-order valence-electron chi connectivity index (χ4n) is 2.50. The number of carbonyl (C=O) groups excluding carboxylic acids is 2. The minimum absolute atomic E-state index is 0.0530. The van der Waals surface area contributed by atoms with E-state index in [-0.39, 0.29) is 42.3 Å². The lowest BCUT2D eigenvalue weighted by molar-refractivity contribution is -0.137. The maximum atomic E-state index is 12.2. The Bertz CT molecular complexity index is 350. The highest BCUT2D eigenvalue weighted by molar-refractivity contribution is 5.85. The Hall–Kier alpha value is -1.10. The van der Waals surface area contributed by atoms with Gasteiger partial charge in [-0.25, -0.2) is 0 Å². The van der Waals surface area contributed by atoms with Gasteiger partial charge in [-0.05, 0) is 31.1 Å². The molecule has 1 aliphatic heterocycles. The zero-order chi connectivity index (χ0) is 15.3. The SMILES string of the molecule is CC1CCC(CO)CN1C(=O)CNC(=O)CC(C)(C)C. The number of carbonyl (C=O) groups is 2. The van der Waals surface area contributed by atoms with E-state index < -0.39 is 0 Å². The molecular weight excluding hydrogens is 256 g/mol. The third-order valence-corrected chi connectivity index (χ3v) is 3.69. The molecule has 0 radical (unpaired) electrons. The molecule has 5 nitrogen and oxygen atoms in total. The van der Waals surface area contributed by atoms with Crippen LogP contribution in [0, 0.1) is 11.3 Å². The maximum absolute atomic E-state index is 12.2. The molecule has 1 saturated heterocycles. The standard InChI is InChI=1S/C15H28N2O3/c1-11-5-6-12(10-18)9-17(11)14(20)8-16-13(19)7-15(2,3)4/h11-12,18H,5-10H2,1-4H3,(H,16,19). The van der Waals surface area contributed by atoms with Gasteiger partial charge < -0.3 is 15.3 Å². The van der Waals surface area contributed by atoms with Crippen LogP contribution in [0.5, 0.6) is 0 Å². The highest BCUT2D eigenvalue weighted by Gasteiger charge is 2.28. The zero-order valence-corrected chi connectivity index (χ0v) is 13.1. The van der Waals surface area contributed by atoms with Crippen LogP contribution in [0.4, 0.5) is 0 Å². The first-order valence-corrected chi connectivity index (χ1v) is 7.40. The van der Waals surface area contributed by atoms with Gasteiger partial charge in [0.05, 0.1) is 6.54 Å². The largest absolute Gasteiger partial charge is 0.396 e. The fourth-order valence-corrected chi connectivity index (χ4v) is 2.50. The Morgan fingerprint density at radius 3 is 2.50 bits per heavy atom. The number of hydrogen-bond donors (Lipinski definition) is 2. The van der Waals surface area contributed by atoms with Gasteiger partial charge in [0.2, 0.25) is 11.8 Å². The summed E-state index contributed by atoms with van der Waals surface area (Å²) in [5.74, 6) is 0.0209. The molecule has 0 aromatic carbocycles. The summed E-state index contributed by atoms with van der Waals surface area (Å²) in [4.78, 5) is 25.7. The maximum Gasteiger partial charge on any atom is 0.242 e. The van der Waals surface area contributed by atoms with Crippen molar-refractivity contribution in [2.24, 2.45) is 11.3 Å². The van der Waals surface area contributed by atoms with Crippen LogP contribution in [0.3, 0.4) is 0 Å².